The summed E-state index contributed by atoms with van der Waals surface area (Å²) in [6, 6.07) is 62.2. The molecule has 0 saturated heterocycles. The molecule has 1 atom stereocenters. The van der Waals surface area contributed by atoms with E-state index in [1.165, 1.54) is 71.6 Å². The summed E-state index contributed by atoms with van der Waals surface area (Å²) in [6.45, 7) is 0. The molecular formula is C45H28O. The lowest BCUT2D eigenvalue weighted by Gasteiger charge is -2.35. The van der Waals surface area contributed by atoms with Crippen LogP contribution in [0.2, 0.25) is 0 Å². The van der Waals surface area contributed by atoms with Crippen molar-refractivity contribution >= 4 is 21.5 Å². The topological polar surface area (TPSA) is 9.23 Å². The third-order valence-corrected chi connectivity index (χ3v) is 10.1. The van der Waals surface area contributed by atoms with Gasteiger partial charge in [0.15, 0.2) is 0 Å². The minimum absolute atomic E-state index is 0.480. The van der Waals surface area contributed by atoms with Gasteiger partial charge in [0.2, 0.25) is 0 Å². The first-order valence-corrected chi connectivity index (χ1v) is 15.9. The fraction of sp³-hybridized carbons (Fsp3) is 0.0222. The highest BCUT2D eigenvalue weighted by Crippen LogP contribution is 2.58. The van der Waals surface area contributed by atoms with Crippen LogP contribution < -0.4 is 4.74 Å². The lowest BCUT2D eigenvalue weighted by atomic mass is 9.66. The maximum absolute atomic E-state index is 6.44. The van der Waals surface area contributed by atoms with Crippen molar-refractivity contribution in [2.24, 2.45) is 0 Å². The highest BCUT2D eigenvalue weighted by atomic mass is 16.5. The van der Waals surface area contributed by atoms with E-state index in [-0.39, 0.29) is 0 Å². The molecule has 0 saturated carbocycles. The Morgan fingerprint density at radius 1 is 0.391 bits per heavy atom. The molecule has 1 aliphatic carbocycles. The predicted molar refractivity (Wildman–Crippen MR) is 190 cm³/mol. The molecule has 2 aliphatic rings. The summed E-state index contributed by atoms with van der Waals surface area (Å²) < 4.78 is 6.44. The van der Waals surface area contributed by atoms with E-state index in [1.54, 1.807) is 0 Å². The van der Waals surface area contributed by atoms with Gasteiger partial charge in [0.25, 0.3) is 0 Å². The molecule has 214 valence electrons. The van der Waals surface area contributed by atoms with Gasteiger partial charge in [-0.05, 0) is 90.5 Å². The lowest BCUT2D eigenvalue weighted by Crippen LogP contribution is -2.28. The molecule has 0 spiro atoms. The van der Waals surface area contributed by atoms with Gasteiger partial charge >= 0.3 is 0 Å². The van der Waals surface area contributed by atoms with E-state index in [9.17, 15) is 0 Å². The van der Waals surface area contributed by atoms with Gasteiger partial charge in [0.1, 0.15) is 11.5 Å². The van der Waals surface area contributed by atoms with Crippen LogP contribution in [0, 0.1) is 0 Å². The van der Waals surface area contributed by atoms with Crippen LogP contribution in [0.3, 0.4) is 0 Å². The van der Waals surface area contributed by atoms with Crippen LogP contribution in [0.15, 0.2) is 170 Å². The van der Waals surface area contributed by atoms with E-state index in [4.69, 9.17) is 4.74 Å². The van der Waals surface area contributed by atoms with Crippen LogP contribution in [0.5, 0.6) is 11.5 Å². The first-order valence-electron chi connectivity index (χ1n) is 15.9. The Morgan fingerprint density at radius 3 is 2.04 bits per heavy atom. The van der Waals surface area contributed by atoms with Crippen LogP contribution in [0.1, 0.15) is 22.3 Å². The van der Waals surface area contributed by atoms with Crippen LogP contribution >= 0.6 is 0 Å². The van der Waals surface area contributed by atoms with E-state index in [2.05, 4.69) is 170 Å². The third kappa shape index (κ3) is 3.40. The molecule has 8 aromatic rings. The zero-order valence-corrected chi connectivity index (χ0v) is 25.1. The summed E-state index contributed by atoms with van der Waals surface area (Å²) in [5.74, 6) is 1.82. The average molecular weight is 585 g/mol. The summed E-state index contributed by atoms with van der Waals surface area (Å²) >= 11 is 0. The number of hydrogen-bond donors (Lipinski definition) is 0. The second-order valence-electron chi connectivity index (χ2n) is 12.4. The van der Waals surface area contributed by atoms with Crippen molar-refractivity contribution in [3.05, 3.63) is 192 Å². The minimum Gasteiger partial charge on any atom is -0.456 e. The first kappa shape index (κ1) is 25.4. The third-order valence-electron chi connectivity index (χ3n) is 10.1. The summed E-state index contributed by atoms with van der Waals surface area (Å²) in [6.07, 6.45) is 0. The van der Waals surface area contributed by atoms with Crippen molar-refractivity contribution in [3.63, 3.8) is 0 Å². The normalized spacial score (nSPS) is 15.7. The van der Waals surface area contributed by atoms with Gasteiger partial charge in [-0.25, -0.2) is 0 Å². The van der Waals surface area contributed by atoms with Gasteiger partial charge in [-0.2, -0.15) is 0 Å². The van der Waals surface area contributed by atoms with Crippen molar-refractivity contribution < 1.29 is 4.74 Å². The van der Waals surface area contributed by atoms with Crippen molar-refractivity contribution in [1.82, 2.24) is 0 Å². The largest absolute Gasteiger partial charge is 0.456 e. The van der Waals surface area contributed by atoms with Crippen molar-refractivity contribution in [1.29, 1.82) is 0 Å². The molecule has 46 heavy (non-hydrogen) atoms. The molecule has 0 aromatic heterocycles. The van der Waals surface area contributed by atoms with E-state index in [1.807, 2.05) is 0 Å². The van der Waals surface area contributed by atoms with E-state index < -0.39 is 5.41 Å². The van der Waals surface area contributed by atoms with Gasteiger partial charge in [0, 0.05) is 10.9 Å². The Bertz CT molecular complexity index is 2500. The molecule has 1 aliphatic heterocycles. The van der Waals surface area contributed by atoms with Crippen LogP contribution in [-0.2, 0) is 5.41 Å². The monoisotopic (exact) mass is 584 g/mol. The molecule has 1 unspecified atom stereocenters. The van der Waals surface area contributed by atoms with E-state index >= 15 is 0 Å². The van der Waals surface area contributed by atoms with Crippen LogP contribution in [0.4, 0.5) is 0 Å². The van der Waals surface area contributed by atoms with Crippen LogP contribution in [-0.4, -0.2) is 0 Å². The molecule has 10 rings (SSSR count). The zero-order valence-electron chi connectivity index (χ0n) is 25.1. The molecule has 0 bridgehead atoms. The number of ether oxygens (including phenoxy) is 1. The Hall–Kier alpha value is -5.92. The molecule has 1 nitrogen and oxygen atoms in total. The molecule has 0 N–H and O–H groups in total. The second kappa shape index (κ2) is 9.54. The molecule has 0 radical (unpaired) electrons. The Balaban J connectivity index is 1.24. The fourth-order valence-electron chi connectivity index (χ4n) is 8.21. The predicted octanol–water partition coefficient (Wildman–Crippen LogP) is 11.8. The smallest absolute Gasteiger partial charge is 0.135 e. The molecule has 8 aromatic carbocycles. The number of fused-ring (bicyclic) bond motifs is 7. The summed E-state index contributed by atoms with van der Waals surface area (Å²) in [7, 11) is 0. The molecule has 0 amide bonds. The molecule has 1 heterocycles. The molecule has 0 fully saturated rings. The summed E-state index contributed by atoms with van der Waals surface area (Å²) in [5.41, 5.74) is 12.1. The fourth-order valence-corrected chi connectivity index (χ4v) is 8.21. The maximum Gasteiger partial charge on any atom is 0.135 e. The van der Waals surface area contributed by atoms with E-state index in [0.29, 0.717) is 0 Å². The van der Waals surface area contributed by atoms with E-state index in [0.717, 1.165) is 17.1 Å². The Labute approximate surface area is 268 Å². The zero-order chi connectivity index (χ0) is 30.2. The maximum atomic E-state index is 6.44. The number of rotatable bonds is 3. The standard InChI is InChI=1S/C45H28O/c1-2-15-33(16-3-1)45(40-21-7-6-19-36(40)38-25-23-29-11-4-5-18-35(29)44(38)45)34-17-8-14-31(27-34)32-24-26-41-39(28-32)37-20-9-12-30-13-10-22-42(46-41)43(30)37/h1-28H. The SMILES string of the molecule is c1ccc(C2(c3cccc(-c4ccc5c(c4)-c4cccc6cccc(c46)O5)c3)c3ccccc3-c3ccc4ccccc4c32)cc1. The number of hydrogen-bond acceptors (Lipinski definition) is 1. The van der Waals surface area contributed by atoms with Gasteiger partial charge < -0.3 is 4.74 Å². The summed E-state index contributed by atoms with van der Waals surface area (Å²) in [4.78, 5) is 0. The first-order chi connectivity index (χ1) is 22.8. The van der Waals surface area contributed by atoms with Gasteiger partial charge in [-0.1, -0.05) is 146 Å². The van der Waals surface area contributed by atoms with Crippen molar-refractivity contribution in [3.8, 4) is 44.9 Å². The second-order valence-corrected chi connectivity index (χ2v) is 12.4. The van der Waals surface area contributed by atoms with Crippen molar-refractivity contribution in [2.75, 3.05) is 0 Å². The molecule has 1 heteroatoms. The number of benzene rings is 8. The summed E-state index contributed by atoms with van der Waals surface area (Å²) in [5, 5.41) is 4.93. The lowest BCUT2D eigenvalue weighted by molar-refractivity contribution is 0.487. The Morgan fingerprint density at radius 2 is 1.11 bits per heavy atom. The average Bonchev–Trinajstić information content (AvgIpc) is 3.44. The van der Waals surface area contributed by atoms with Crippen molar-refractivity contribution in [2.45, 2.75) is 5.41 Å². The molecular weight excluding hydrogens is 556 g/mol. The highest BCUT2D eigenvalue weighted by molar-refractivity contribution is 6.05. The quantitative estimate of drug-likeness (QED) is 0.201. The Kier molecular flexibility index (Phi) is 5.27. The van der Waals surface area contributed by atoms with Crippen LogP contribution in [0.25, 0.3) is 54.9 Å². The minimum atomic E-state index is -0.480. The van der Waals surface area contributed by atoms with Gasteiger partial charge in [-0.15, -0.1) is 0 Å². The van der Waals surface area contributed by atoms with Gasteiger partial charge in [-0.3, -0.25) is 0 Å². The van der Waals surface area contributed by atoms with Gasteiger partial charge in [0.05, 0.1) is 5.41 Å². The highest BCUT2D eigenvalue weighted by Gasteiger charge is 2.47.